The van der Waals surface area contributed by atoms with Crippen LogP contribution in [-0.4, -0.2) is 9.97 Å². The molecule has 0 saturated carbocycles. The lowest BCUT2D eigenvalue weighted by molar-refractivity contribution is 0.703. The predicted molar refractivity (Wildman–Crippen MR) is 81.9 cm³/mol. The molecule has 0 aliphatic carbocycles. The molecule has 0 aromatic carbocycles. The first kappa shape index (κ1) is 14.3. The van der Waals surface area contributed by atoms with Crippen molar-refractivity contribution in [3.8, 4) is 0 Å². The van der Waals surface area contributed by atoms with Gasteiger partial charge in [-0.2, -0.15) is 0 Å². The Bertz CT molecular complexity index is 646. The SMILES string of the molecule is CC(C)c1cc(N)cc(CC(C)c2cc(=O)cc[nH]2)n1. The fraction of sp³-hybridized carbons (Fsp3) is 0.375. The van der Waals surface area contributed by atoms with Gasteiger partial charge in [-0.1, -0.05) is 20.8 Å². The Hall–Kier alpha value is -2.10. The fourth-order valence-corrected chi connectivity index (χ4v) is 2.21. The maximum atomic E-state index is 11.4. The molecule has 2 heterocycles. The number of nitrogen functional groups attached to an aromatic ring is 1. The lowest BCUT2D eigenvalue weighted by Crippen LogP contribution is -2.09. The van der Waals surface area contributed by atoms with Crippen LogP contribution in [0, 0.1) is 0 Å². The van der Waals surface area contributed by atoms with Crippen molar-refractivity contribution >= 4 is 5.69 Å². The van der Waals surface area contributed by atoms with E-state index in [9.17, 15) is 4.79 Å². The van der Waals surface area contributed by atoms with Gasteiger partial charge < -0.3 is 10.7 Å². The zero-order chi connectivity index (χ0) is 14.7. The van der Waals surface area contributed by atoms with E-state index in [2.05, 4.69) is 30.7 Å². The van der Waals surface area contributed by atoms with Gasteiger partial charge in [0.15, 0.2) is 5.43 Å². The lowest BCUT2D eigenvalue weighted by Gasteiger charge is -2.13. The second-order valence-electron chi connectivity index (χ2n) is 5.56. The van der Waals surface area contributed by atoms with Crippen molar-refractivity contribution in [2.24, 2.45) is 0 Å². The molecule has 1 unspecified atom stereocenters. The third-order valence-corrected chi connectivity index (χ3v) is 3.35. The number of anilines is 1. The zero-order valence-electron chi connectivity index (χ0n) is 12.2. The van der Waals surface area contributed by atoms with E-state index in [0.717, 1.165) is 29.2 Å². The molecule has 106 valence electrons. The minimum Gasteiger partial charge on any atom is -0.399 e. The Kier molecular flexibility index (Phi) is 4.23. The van der Waals surface area contributed by atoms with E-state index in [1.165, 1.54) is 6.07 Å². The number of H-pyrrole nitrogens is 1. The van der Waals surface area contributed by atoms with Gasteiger partial charge in [-0.15, -0.1) is 0 Å². The molecule has 1 atom stereocenters. The molecule has 0 spiro atoms. The molecule has 2 aromatic heterocycles. The number of hydrogen-bond donors (Lipinski definition) is 2. The predicted octanol–water partition coefficient (Wildman–Crippen LogP) is 2.82. The molecule has 0 fully saturated rings. The first-order chi connectivity index (χ1) is 9.45. The van der Waals surface area contributed by atoms with Crippen LogP contribution in [0.4, 0.5) is 5.69 Å². The lowest BCUT2D eigenvalue weighted by atomic mass is 9.99. The Balaban J connectivity index is 2.23. The van der Waals surface area contributed by atoms with Crippen LogP contribution >= 0.6 is 0 Å². The number of nitrogens with one attached hydrogen (secondary N) is 1. The Morgan fingerprint density at radius 1 is 1.25 bits per heavy atom. The van der Waals surface area contributed by atoms with Crippen LogP contribution in [0.2, 0.25) is 0 Å². The quantitative estimate of drug-likeness (QED) is 0.898. The molecule has 3 N–H and O–H groups in total. The minimum absolute atomic E-state index is 0.0222. The largest absolute Gasteiger partial charge is 0.399 e. The molecule has 2 rings (SSSR count). The van der Waals surface area contributed by atoms with Crippen molar-refractivity contribution in [3.63, 3.8) is 0 Å². The number of nitrogens with zero attached hydrogens (tertiary/aromatic N) is 1. The van der Waals surface area contributed by atoms with E-state index in [1.54, 1.807) is 12.3 Å². The summed E-state index contributed by atoms with van der Waals surface area (Å²) >= 11 is 0. The summed E-state index contributed by atoms with van der Waals surface area (Å²) < 4.78 is 0. The van der Waals surface area contributed by atoms with E-state index in [1.807, 2.05) is 12.1 Å². The third kappa shape index (κ3) is 3.47. The summed E-state index contributed by atoms with van der Waals surface area (Å²) in [5, 5.41) is 0. The first-order valence-corrected chi connectivity index (χ1v) is 6.90. The van der Waals surface area contributed by atoms with Crippen LogP contribution in [0.3, 0.4) is 0 Å². The number of aromatic nitrogens is 2. The van der Waals surface area contributed by atoms with Crippen molar-refractivity contribution in [2.45, 2.75) is 39.0 Å². The molecule has 20 heavy (non-hydrogen) atoms. The van der Waals surface area contributed by atoms with Crippen molar-refractivity contribution in [3.05, 3.63) is 57.8 Å². The van der Waals surface area contributed by atoms with E-state index in [4.69, 9.17) is 5.73 Å². The Labute approximate surface area is 119 Å². The number of nitrogens with two attached hydrogens (primary N) is 1. The fourth-order valence-electron chi connectivity index (χ4n) is 2.21. The number of hydrogen-bond acceptors (Lipinski definition) is 3. The van der Waals surface area contributed by atoms with Crippen molar-refractivity contribution in [2.75, 3.05) is 5.73 Å². The summed E-state index contributed by atoms with van der Waals surface area (Å²) in [5.41, 5.74) is 9.60. The summed E-state index contributed by atoms with van der Waals surface area (Å²) in [6.07, 6.45) is 2.44. The maximum absolute atomic E-state index is 11.4. The summed E-state index contributed by atoms with van der Waals surface area (Å²) in [6, 6.07) is 6.98. The van der Waals surface area contributed by atoms with Gasteiger partial charge in [0.05, 0.1) is 0 Å². The van der Waals surface area contributed by atoms with E-state index in [0.29, 0.717) is 5.92 Å². The van der Waals surface area contributed by atoms with Crippen LogP contribution < -0.4 is 11.2 Å². The van der Waals surface area contributed by atoms with Gasteiger partial charge in [0, 0.05) is 47.0 Å². The highest BCUT2D eigenvalue weighted by Gasteiger charge is 2.11. The highest BCUT2D eigenvalue weighted by molar-refractivity contribution is 5.41. The molecular weight excluding hydrogens is 250 g/mol. The monoisotopic (exact) mass is 271 g/mol. The number of aromatic amines is 1. The molecule has 0 radical (unpaired) electrons. The molecule has 0 bridgehead atoms. The van der Waals surface area contributed by atoms with Crippen LogP contribution in [0.1, 0.15) is 49.7 Å². The van der Waals surface area contributed by atoms with Crippen LogP contribution in [0.25, 0.3) is 0 Å². The Morgan fingerprint density at radius 2 is 2.00 bits per heavy atom. The number of rotatable bonds is 4. The van der Waals surface area contributed by atoms with Crippen LogP contribution in [-0.2, 0) is 6.42 Å². The van der Waals surface area contributed by atoms with E-state index in [-0.39, 0.29) is 11.3 Å². The molecule has 2 aromatic rings. The van der Waals surface area contributed by atoms with Crippen LogP contribution in [0.15, 0.2) is 35.3 Å². The zero-order valence-corrected chi connectivity index (χ0v) is 12.2. The molecule has 0 aliphatic rings. The smallest absolute Gasteiger partial charge is 0.181 e. The van der Waals surface area contributed by atoms with Gasteiger partial charge in [-0.25, -0.2) is 0 Å². The first-order valence-electron chi connectivity index (χ1n) is 6.90. The molecule has 4 heteroatoms. The average Bonchev–Trinajstić information content (AvgIpc) is 2.37. The Morgan fingerprint density at radius 3 is 2.65 bits per heavy atom. The van der Waals surface area contributed by atoms with Gasteiger partial charge in [0.2, 0.25) is 0 Å². The van der Waals surface area contributed by atoms with Gasteiger partial charge in [-0.3, -0.25) is 9.78 Å². The average molecular weight is 271 g/mol. The topological polar surface area (TPSA) is 71.8 Å². The highest BCUT2D eigenvalue weighted by atomic mass is 16.1. The second-order valence-corrected chi connectivity index (χ2v) is 5.56. The van der Waals surface area contributed by atoms with Gasteiger partial charge in [0.1, 0.15) is 0 Å². The van der Waals surface area contributed by atoms with Crippen LogP contribution in [0.5, 0.6) is 0 Å². The van der Waals surface area contributed by atoms with Gasteiger partial charge >= 0.3 is 0 Å². The summed E-state index contributed by atoms with van der Waals surface area (Å²) in [5.74, 6) is 0.544. The minimum atomic E-state index is 0.0222. The molecule has 0 aliphatic heterocycles. The van der Waals surface area contributed by atoms with E-state index >= 15 is 0 Å². The maximum Gasteiger partial charge on any atom is 0.181 e. The molecule has 0 amide bonds. The molecule has 0 saturated heterocycles. The summed E-state index contributed by atoms with van der Waals surface area (Å²) in [4.78, 5) is 19.2. The third-order valence-electron chi connectivity index (χ3n) is 3.35. The highest BCUT2D eigenvalue weighted by Crippen LogP contribution is 2.21. The van der Waals surface area contributed by atoms with Gasteiger partial charge in [0.25, 0.3) is 0 Å². The number of pyridine rings is 2. The molecular formula is C16H21N3O. The van der Waals surface area contributed by atoms with Gasteiger partial charge in [-0.05, 0) is 24.5 Å². The summed E-state index contributed by atoms with van der Waals surface area (Å²) in [6.45, 7) is 6.28. The standard InChI is InChI=1S/C16H21N3O/c1-10(2)15-8-12(17)7-13(19-15)6-11(3)16-9-14(20)4-5-18-16/h4-5,7-11H,6H2,1-3H3,(H2,17,19)(H,18,20). The second kappa shape index (κ2) is 5.90. The van der Waals surface area contributed by atoms with Crippen molar-refractivity contribution in [1.29, 1.82) is 0 Å². The summed E-state index contributed by atoms with van der Waals surface area (Å²) in [7, 11) is 0. The van der Waals surface area contributed by atoms with E-state index < -0.39 is 0 Å². The van der Waals surface area contributed by atoms with Crippen molar-refractivity contribution < 1.29 is 0 Å². The normalized spacial score (nSPS) is 12.6. The van der Waals surface area contributed by atoms with Crippen molar-refractivity contribution in [1.82, 2.24) is 9.97 Å². The molecule has 4 nitrogen and oxygen atoms in total.